The summed E-state index contributed by atoms with van der Waals surface area (Å²) >= 11 is 5.90. The van der Waals surface area contributed by atoms with Crippen molar-refractivity contribution in [2.45, 2.75) is 25.8 Å². The van der Waals surface area contributed by atoms with Crippen molar-refractivity contribution in [1.29, 1.82) is 0 Å². The summed E-state index contributed by atoms with van der Waals surface area (Å²) in [7, 11) is 0. The van der Waals surface area contributed by atoms with Gasteiger partial charge in [-0.05, 0) is 44.0 Å². The molecule has 1 heterocycles. The smallest absolute Gasteiger partial charge is 0.253 e. The van der Waals surface area contributed by atoms with Crippen molar-refractivity contribution < 1.29 is 9.18 Å². The van der Waals surface area contributed by atoms with Gasteiger partial charge in [-0.2, -0.15) is 0 Å². The molecule has 0 spiro atoms. The minimum absolute atomic E-state index is 0. The molecule has 1 aromatic carbocycles. The van der Waals surface area contributed by atoms with E-state index in [1.54, 1.807) is 6.92 Å². The van der Waals surface area contributed by atoms with Gasteiger partial charge in [-0.3, -0.25) is 4.79 Å². The summed E-state index contributed by atoms with van der Waals surface area (Å²) in [5.74, 6) is -0.632. The fraction of sp³-hybridized carbons (Fsp3) is 0.462. The van der Waals surface area contributed by atoms with Crippen LogP contribution in [-0.2, 0) is 0 Å². The molecule has 0 bridgehead atoms. The molecule has 2 N–H and O–H groups in total. The Bertz CT molecular complexity index is 462. The average Bonchev–Trinajstić information content (AvgIpc) is 2.35. The van der Waals surface area contributed by atoms with Crippen molar-refractivity contribution >= 4 is 29.9 Å². The van der Waals surface area contributed by atoms with Gasteiger partial charge in [0.1, 0.15) is 5.82 Å². The molecule has 1 atom stereocenters. The van der Waals surface area contributed by atoms with E-state index in [-0.39, 0.29) is 29.4 Å². The predicted octanol–water partition coefficient (Wildman–Crippen LogP) is 2.69. The van der Waals surface area contributed by atoms with E-state index in [0.29, 0.717) is 11.1 Å². The number of nitrogens with one attached hydrogen (secondary N) is 2. The Hall–Kier alpha value is -0.840. The molecule has 1 saturated heterocycles. The number of carbonyl (C=O) groups is 1. The third kappa shape index (κ3) is 4.06. The molecule has 1 aromatic rings. The standard InChI is InChI=1S/C13H16ClFN2O.ClH/c1-8-5-10(11(14)6-12(8)15)13(18)17-9-3-2-4-16-7-9;/h5-6,9,16H,2-4,7H2,1H3,(H,17,18);1H/t9-;/m0./s1. The van der Waals surface area contributed by atoms with Gasteiger partial charge in [0.15, 0.2) is 0 Å². The first-order valence-electron chi connectivity index (χ1n) is 6.05. The molecular weight excluding hydrogens is 290 g/mol. The number of carbonyl (C=O) groups excluding carboxylic acids is 1. The molecule has 0 saturated carbocycles. The molecule has 1 aliphatic heterocycles. The van der Waals surface area contributed by atoms with Crippen LogP contribution in [0.3, 0.4) is 0 Å². The zero-order chi connectivity index (χ0) is 13.1. The van der Waals surface area contributed by atoms with E-state index in [2.05, 4.69) is 10.6 Å². The van der Waals surface area contributed by atoms with Gasteiger partial charge < -0.3 is 10.6 Å². The molecule has 0 unspecified atom stereocenters. The number of rotatable bonds is 2. The van der Waals surface area contributed by atoms with Crippen LogP contribution in [-0.4, -0.2) is 25.0 Å². The van der Waals surface area contributed by atoms with Crippen LogP contribution >= 0.6 is 24.0 Å². The average molecular weight is 307 g/mol. The molecule has 19 heavy (non-hydrogen) atoms. The molecule has 1 amide bonds. The Morgan fingerprint density at radius 1 is 1.53 bits per heavy atom. The highest BCUT2D eigenvalue weighted by atomic mass is 35.5. The second kappa shape index (κ2) is 7.08. The van der Waals surface area contributed by atoms with Crippen molar-refractivity contribution in [3.63, 3.8) is 0 Å². The topological polar surface area (TPSA) is 41.1 Å². The van der Waals surface area contributed by atoms with Gasteiger partial charge >= 0.3 is 0 Å². The monoisotopic (exact) mass is 306 g/mol. The first kappa shape index (κ1) is 16.2. The summed E-state index contributed by atoms with van der Waals surface area (Å²) in [6.07, 6.45) is 2.00. The maximum Gasteiger partial charge on any atom is 0.253 e. The normalized spacial score (nSPS) is 18.6. The van der Waals surface area contributed by atoms with Gasteiger partial charge in [0, 0.05) is 12.6 Å². The van der Waals surface area contributed by atoms with E-state index in [1.165, 1.54) is 12.1 Å². The van der Waals surface area contributed by atoms with E-state index in [9.17, 15) is 9.18 Å². The number of amides is 1. The van der Waals surface area contributed by atoms with Crippen molar-refractivity contribution in [3.8, 4) is 0 Å². The summed E-state index contributed by atoms with van der Waals surface area (Å²) in [5, 5.41) is 6.29. The molecule has 1 fully saturated rings. The number of benzene rings is 1. The number of halogens is 3. The second-order valence-corrected chi connectivity index (χ2v) is 5.01. The minimum atomic E-state index is -0.393. The molecule has 6 heteroatoms. The zero-order valence-electron chi connectivity index (χ0n) is 10.6. The Morgan fingerprint density at radius 3 is 2.89 bits per heavy atom. The Kier molecular flexibility index (Phi) is 6.04. The number of aryl methyl sites for hydroxylation is 1. The maximum atomic E-state index is 13.3. The molecule has 3 nitrogen and oxygen atoms in total. The van der Waals surface area contributed by atoms with Crippen LogP contribution in [0.1, 0.15) is 28.8 Å². The van der Waals surface area contributed by atoms with Crippen LogP contribution < -0.4 is 10.6 Å². The minimum Gasteiger partial charge on any atom is -0.348 e. The van der Waals surface area contributed by atoms with Crippen molar-refractivity contribution in [2.75, 3.05) is 13.1 Å². The predicted molar refractivity (Wildman–Crippen MR) is 76.8 cm³/mol. The Labute approximate surface area is 123 Å². The summed E-state index contributed by atoms with van der Waals surface area (Å²) < 4.78 is 13.3. The fourth-order valence-corrected chi connectivity index (χ4v) is 2.31. The van der Waals surface area contributed by atoms with Crippen LogP contribution in [0.15, 0.2) is 12.1 Å². The van der Waals surface area contributed by atoms with E-state index in [4.69, 9.17) is 11.6 Å². The summed E-state index contributed by atoms with van der Waals surface area (Å²) in [5.41, 5.74) is 0.757. The lowest BCUT2D eigenvalue weighted by atomic mass is 10.1. The van der Waals surface area contributed by atoms with Crippen molar-refractivity contribution in [3.05, 3.63) is 34.1 Å². The van der Waals surface area contributed by atoms with Crippen LogP contribution in [0, 0.1) is 12.7 Å². The molecule has 0 radical (unpaired) electrons. The lowest BCUT2D eigenvalue weighted by Gasteiger charge is -2.24. The lowest BCUT2D eigenvalue weighted by Crippen LogP contribution is -2.45. The number of hydrogen-bond donors (Lipinski definition) is 2. The van der Waals surface area contributed by atoms with E-state index in [0.717, 1.165) is 25.9 Å². The highest BCUT2D eigenvalue weighted by Gasteiger charge is 2.18. The van der Waals surface area contributed by atoms with E-state index < -0.39 is 5.82 Å². The van der Waals surface area contributed by atoms with Crippen LogP contribution in [0.2, 0.25) is 5.02 Å². The summed E-state index contributed by atoms with van der Waals surface area (Å²) in [6, 6.07) is 2.79. The van der Waals surface area contributed by atoms with Crippen LogP contribution in [0.4, 0.5) is 4.39 Å². The zero-order valence-corrected chi connectivity index (χ0v) is 12.2. The van der Waals surface area contributed by atoms with E-state index >= 15 is 0 Å². The van der Waals surface area contributed by atoms with Gasteiger partial charge in [-0.1, -0.05) is 11.6 Å². The summed E-state index contributed by atoms with van der Waals surface area (Å²) in [6.45, 7) is 3.37. The van der Waals surface area contributed by atoms with Crippen LogP contribution in [0.25, 0.3) is 0 Å². The van der Waals surface area contributed by atoms with Crippen molar-refractivity contribution in [1.82, 2.24) is 10.6 Å². The van der Waals surface area contributed by atoms with Crippen LogP contribution in [0.5, 0.6) is 0 Å². The molecule has 106 valence electrons. The largest absolute Gasteiger partial charge is 0.348 e. The van der Waals surface area contributed by atoms with Gasteiger partial charge in [-0.15, -0.1) is 12.4 Å². The van der Waals surface area contributed by atoms with Gasteiger partial charge in [0.2, 0.25) is 0 Å². The second-order valence-electron chi connectivity index (χ2n) is 4.60. The Morgan fingerprint density at radius 2 is 2.26 bits per heavy atom. The number of piperidine rings is 1. The molecule has 0 aliphatic carbocycles. The molecule has 1 aliphatic rings. The van der Waals surface area contributed by atoms with Gasteiger partial charge in [0.25, 0.3) is 5.91 Å². The first-order chi connectivity index (χ1) is 8.58. The molecular formula is C13H17Cl2FN2O. The highest BCUT2D eigenvalue weighted by molar-refractivity contribution is 6.33. The SMILES string of the molecule is Cc1cc(C(=O)N[C@H]2CCCNC2)c(Cl)cc1F.Cl. The summed E-state index contributed by atoms with van der Waals surface area (Å²) in [4.78, 5) is 12.1. The quantitative estimate of drug-likeness (QED) is 0.882. The Balaban J connectivity index is 0.00000180. The highest BCUT2D eigenvalue weighted by Crippen LogP contribution is 2.20. The first-order valence-corrected chi connectivity index (χ1v) is 6.43. The molecule has 0 aromatic heterocycles. The maximum absolute atomic E-state index is 13.3. The number of hydrogen-bond acceptors (Lipinski definition) is 2. The lowest BCUT2D eigenvalue weighted by molar-refractivity contribution is 0.0930. The third-order valence-corrected chi connectivity index (χ3v) is 3.44. The van der Waals surface area contributed by atoms with Crippen molar-refractivity contribution in [2.24, 2.45) is 0 Å². The van der Waals surface area contributed by atoms with Gasteiger partial charge in [0.05, 0.1) is 10.6 Å². The fourth-order valence-electron chi connectivity index (χ4n) is 2.07. The molecule has 2 rings (SSSR count). The van der Waals surface area contributed by atoms with E-state index in [1.807, 2.05) is 0 Å². The van der Waals surface area contributed by atoms with Gasteiger partial charge in [-0.25, -0.2) is 4.39 Å². The third-order valence-electron chi connectivity index (χ3n) is 3.13.